The third kappa shape index (κ3) is 4.29. The summed E-state index contributed by atoms with van der Waals surface area (Å²) >= 11 is 3.15. The lowest BCUT2D eigenvalue weighted by Gasteiger charge is -2.23. The highest BCUT2D eigenvalue weighted by atomic mass is 32.2. The minimum atomic E-state index is -0.129. The topological polar surface area (TPSA) is 71.3 Å². The van der Waals surface area contributed by atoms with Gasteiger partial charge in [0.2, 0.25) is 0 Å². The van der Waals surface area contributed by atoms with Crippen LogP contribution in [0.4, 0.5) is 5.13 Å². The number of nitrogens with zero attached hydrogens (tertiary/aromatic N) is 3. The molecule has 1 aromatic carbocycles. The van der Waals surface area contributed by atoms with E-state index in [0.717, 1.165) is 48.1 Å². The van der Waals surface area contributed by atoms with Crippen molar-refractivity contribution in [2.75, 3.05) is 18.4 Å². The van der Waals surface area contributed by atoms with Crippen LogP contribution in [0.1, 0.15) is 39.3 Å². The van der Waals surface area contributed by atoms with Gasteiger partial charge in [-0.2, -0.15) is 0 Å². The fourth-order valence-corrected chi connectivity index (χ4v) is 5.12. The first-order valence-electron chi connectivity index (χ1n) is 9.28. The number of thiazole rings is 1. The summed E-state index contributed by atoms with van der Waals surface area (Å²) in [5.74, 6) is 1.30. The molecule has 0 spiro atoms. The highest BCUT2D eigenvalue weighted by Gasteiger charge is 2.21. The predicted molar refractivity (Wildman–Crippen MR) is 112 cm³/mol. The Morgan fingerprint density at radius 1 is 1.39 bits per heavy atom. The van der Waals surface area contributed by atoms with Crippen molar-refractivity contribution < 1.29 is 9.32 Å². The molecule has 0 atom stereocenters. The van der Waals surface area contributed by atoms with Gasteiger partial charge in [-0.1, -0.05) is 24.2 Å². The number of aromatic nitrogens is 2. The summed E-state index contributed by atoms with van der Waals surface area (Å²) in [5, 5.41) is 7.58. The summed E-state index contributed by atoms with van der Waals surface area (Å²) in [6, 6.07) is 9.52. The van der Waals surface area contributed by atoms with Crippen molar-refractivity contribution in [1.29, 1.82) is 0 Å². The molecular weight excluding hydrogens is 392 g/mol. The van der Waals surface area contributed by atoms with Gasteiger partial charge in [-0.15, -0.1) is 23.1 Å². The van der Waals surface area contributed by atoms with Gasteiger partial charge in [0, 0.05) is 35.3 Å². The Morgan fingerprint density at radius 3 is 3.04 bits per heavy atom. The fourth-order valence-electron chi connectivity index (χ4n) is 3.15. The zero-order valence-corrected chi connectivity index (χ0v) is 17.5. The Morgan fingerprint density at radius 2 is 2.25 bits per heavy atom. The van der Waals surface area contributed by atoms with Gasteiger partial charge in [-0.05, 0) is 25.6 Å². The van der Waals surface area contributed by atoms with Gasteiger partial charge in [0.15, 0.2) is 5.13 Å². The molecule has 0 saturated carbocycles. The number of rotatable bonds is 6. The second-order valence-corrected chi connectivity index (χ2v) is 8.78. The van der Waals surface area contributed by atoms with Crippen LogP contribution in [0, 0.1) is 6.92 Å². The lowest BCUT2D eigenvalue weighted by atomic mass is 10.2. The van der Waals surface area contributed by atoms with Crippen LogP contribution in [0.2, 0.25) is 0 Å². The minimum absolute atomic E-state index is 0.129. The standard InChI is InChI=1S/C20H22N4O2S2/c1-3-24-9-8-16-18(11-24)28-20(21-16)22-19(25)15-6-4-5-7-17(15)27-12-14-10-13(2)23-26-14/h4-7,10H,3,8-9,11-12H2,1-2H3,(H,21,22,25). The molecule has 3 heterocycles. The predicted octanol–water partition coefficient (Wildman–Crippen LogP) is 4.36. The average molecular weight is 415 g/mol. The third-order valence-electron chi connectivity index (χ3n) is 4.66. The van der Waals surface area contributed by atoms with E-state index in [1.807, 2.05) is 37.3 Å². The summed E-state index contributed by atoms with van der Waals surface area (Å²) in [4.78, 5) is 22.1. The normalized spacial score (nSPS) is 14.1. The quantitative estimate of drug-likeness (QED) is 0.604. The lowest BCUT2D eigenvalue weighted by Crippen LogP contribution is -2.29. The molecule has 0 aliphatic carbocycles. The number of amides is 1. The average Bonchev–Trinajstić information content (AvgIpc) is 3.31. The second kappa shape index (κ2) is 8.46. The van der Waals surface area contributed by atoms with Crippen molar-refractivity contribution in [3.05, 3.63) is 57.9 Å². The van der Waals surface area contributed by atoms with Gasteiger partial charge in [0.25, 0.3) is 5.91 Å². The van der Waals surface area contributed by atoms with Gasteiger partial charge < -0.3 is 4.52 Å². The van der Waals surface area contributed by atoms with E-state index in [0.29, 0.717) is 16.4 Å². The smallest absolute Gasteiger partial charge is 0.258 e. The molecule has 4 rings (SSSR count). The van der Waals surface area contributed by atoms with E-state index in [1.54, 1.807) is 23.1 Å². The zero-order chi connectivity index (χ0) is 19.5. The number of aryl methyl sites for hydroxylation is 1. The molecule has 3 aromatic rings. The molecule has 0 bridgehead atoms. The van der Waals surface area contributed by atoms with Crippen LogP contribution in [0.5, 0.6) is 0 Å². The van der Waals surface area contributed by atoms with Gasteiger partial charge in [0.1, 0.15) is 5.76 Å². The molecule has 1 aliphatic heterocycles. The van der Waals surface area contributed by atoms with E-state index < -0.39 is 0 Å². The molecule has 8 heteroatoms. The molecule has 0 fully saturated rings. The van der Waals surface area contributed by atoms with Gasteiger partial charge in [-0.25, -0.2) is 4.98 Å². The van der Waals surface area contributed by atoms with Gasteiger partial charge in [-0.3, -0.25) is 15.0 Å². The van der Waals surface area contributed by atoms with E-state index in [9.17, 15) is 4.79 Å². The number of fused-ring (bicyclic) bond motifs is 1. The van der Waals surface area contributed by atoms with Gasteiger partial charge >= 0.3 is 0 Å². The minimum Gasteiger partial charge on any atom is -0.360 e. The number of nitrogens with one attached hydrogen (secondary N) is 1. The Balaban J connectivity index is 1.46. The molecule has 1 amide bonds. The van der Waals surface area contributed by atoms with E-state index in [-0.39, 0.29) is 5.91 Å². The van der Waals surface area contributed by atoms with Crippen molar-refractivity contribution in [1.82, 2.24) is 15.0 Å². The van der Waals surface area contributed by atoms with E-state index in [2.05, 4.69) is 27.3 Å². The maximum absolute atomic E-state index is 12.9. The first kappa shape index (κ1) is 19.2. The van der Waals surface area contributed by atoms with Crippen LogP contribution in [-0.4, -0.2) is 34.0 Å². The Bertz CT molecular complexity index is 982. The van der Waals surface area contributed by atoms with Crippen LogP contribution >= 0.6 is 23.1 Å². The summed E-state index contributed by atoms with van der Waals surface area (Å²) < 4.78 is 5.26. The number of carbonyl (C=O) groups excluding carboxylic acids is 1. The maximum atomic E-state index is 12.9. The van der Waals surface area contributed by atoms with E-state index in [1.165, 1.54) is 4.88 Å². The summed E-state index contributed by atoms with van der Waals surface area (Å²) in [6.07, 6.45) is 0.943. The second-order valence-electron chi connectivity index (χ2n) is 6.68. The van der Waals surface area contributed by atoms with Crippen molar-refractivity contribution >= 4 is 34.1 Å². The molecule has 6 nitrogen and oxygen atoms in total. The van der Waals surface area contributed by atoms with E-state index >= 15 is 0 Å². The Kier molecular flexibility index (Phi) is 5.79. The Hall–Kier alpha value is -2.16. The zero-order valence-electron chi connectivity index (χ0n) is 15.9. The molecule has 1 aliphatic rings. The van der Waals surface area contributed by atoms with Gasteiger partial charge in [0.05, 0.1) is 22.7 Å². The first-order chi connectivity index (χ1) is 13.6. The van der Waals surface area contributed by atoms with Crippen molar-refractivity contribution in [2.45, 2.75) is 37.5 Å². The van der Waals surface area contributed by atoms with Crippen molar-refractivity contribution in [3.8, 4) is 0 Å². The number of carbonyl (C=O) groups is 1. The van der Waals surface area contributed by atoms with Crippen molar-refractivity contribution in [3.63, 3.8) is 0 Å². The number of hydrogen-bond acceptors (Lipinski definition) is 7. The summed E-state index contributed by atoms with van der Waals surface area (Å²) in [7, 11) is 0. The van der Waals surface area contributed by atoms with Crippen LogP contribution in [0.25, 0.3) is 0 Å². The monoisotopic (exact) mass is 414 g/mol. The largest absolute Gasteiger partial charge is 0.360 e. The summed E-state index contributed by atoms with van der Waals surface area (Å²) in [5.41, 5.74) is 2.62. The number of hydrogen-bond donors (Lipinski definition) is 1. The molecule has 1 N–H and O–H groups in total. The summed E-state index contributed by atoms with van der Waals surface area (Å²) in [6.45, 7) is 7.05. The number of likely N-dealkylation sites (N-methyl/N-ethyl adjacent to an activating group) is 1. The van der Waals surface area contributed by atoms with Crippen LogP contribution in [0.3, 0.4) is 0 Å². The van der Waals surface area contributed by atoms with Crippen LogP contribution in [0.15, 0.2) is 39.8 Å². The number of anilines is 1. The van der Waals surface area contributed by atoms with Crippen molar-refractivity contribution in [2.24, 2.45) is 0 Å². The highest BCUT2D eigenvalue weighted by molar-refractivity contribution is 7.98. The first-order valence-corrected chi connectivity index (χ1v) is 11.1. The fraction of sp³-hybridized carbons (Fsp3) is 0.350. The third-order valence-corrected chi connectivity index (χ3v) is 6.75. The Labute approximate surface area is 172 Å². The number of thioether (sulfide) groups is 1. The molecule has 0 radical (unpaired) electrons. The molecule has 2 aromatic heterocycles. The van der Waals surface area contributed by atoms with E-state index in [4.69, 9.17) is 4.52 Å². The maximum Gasteiger partial charge on any atom is 0.258 e. The lowest BCUT2D eigenvalue weighted by molar-refractivity contribution is 0.102. The highest BCUT2D eigenvalue weighted by Crippen LogP contribution is 2.30. The molecular formula is C20H22N4O2S2. The van der Waals surface area contributed by atoms with Crippen LogP contribution < -0.4 is 5.32 Å². The van der Waals surface area contributed by atoms with Crippen LogP contribution in [-0.2, 0) is 18.7 Å². The number of benzene rings is 1. The molecule has 28 heavy (non-hydrogen) atoms. The SMILES string of the molecule is CCN1CCc2nc(NC(=O)c3ccccc3SCc3cc(C)no3)sc2C1. The molecule has 146 valence electrons. The molecule has 0 saturated heterocycles. The molecule has 0 unspecified atom stereocenters.